The number of hydrogen-bond donors (Lipinski definition) is 0. The van der Waals surface area contributed by atoms with Crippen LogP contribution in [0.3, 0.4) is 0 Å². The molecular formula is C14H14BrFO2. The first-order valence-electron chi connectivity index (χ1n) is 6.02. The van der Waals surface area contributed by atoms with Crippen LogP contribution in [-0.2, 0) is 9.59 Å². The van der Waals surface area contributed by atoms with Crippen LogP contribution in [0.1, 0.15) is 37.7 Å². The topological polar surface area (TPSA) is 34.1 Å². The molecule has 1 saturated carbocycles. The summed E-state index contributed by atoms with van der Waals surface area (Å²) in [7, 11) is 0. The molecule has 2 nitrogen and oxygen atoms in total. The molecule has 0 bridgehead atoms. The largest absolute Gasteiger partial charge is 0.299 e. The Kier molecular flexibility index (Phi) is 3.95. The van der Waals surface area contributed by atoms with Gasteiger partial charge >= 0.3 is 0 Å². The minimum Gasteiger partial charge on any atom is -0.299 e. The summed E-state index contributed by atoms with van der Waals surface area (Å²) in [4.78, 5) is 23.8. The van der Waals surface area contributed by atoms with Crippen molar-refractivity contribution in [2.75, 3.05) is 0 Å². The van der Waals surface area contributed by atoms with Gasteiger partial charge < -0.3 is 0 Å². The summed E-state index contributed by atoms with van der Waals surface area (Å²) in [6.45, 7) is 1.67. The van der Waals surface area contributed by atoms with Gasteiger partial charge in [0.1, 0.15) is 11.6 Å². The van der Waals surface area contributed by atoms with Gasteiger partial charge in [0.15, 0.2) is 5.78 Å². The Morgan fingerprint density at radius 2 is 2.22 bits per heavy atom. The summed E-state index contributed by atoms with van der Waals surface area (Å²) < 4.78 is 14.3. The number of carbonyl (C=O) groups excluding carboxylic acids is 2. The maximum absolute atomic E-state index is 13.9. The van der Waals surface area contributed by atoms with Crippen molar-refractivity contribution in [1.82, 2.24) is 0 Å². The van der Waals surface area contributed by atoms with E-state index >= 15 is 0 Å². The molecule has 0 saturated heterocycles. The van der Waals surface area contributed by atoms with E-state index in [1.165, 1.54) is 0 Å². The molecular weight excluding hydrogens is 299 g/mol. The lowest BCUT2D eigenvalue weighted by molar-refractivity contribution is -0.131. The van der Waals surface area contributed by atoms with Crippen LogP contribution < -0.4 is 0 Å². The Bertz CT molecular complexity index is 499. The van der Waals surface area contributed by atoms with Crippen LogP contribution >= 0.6 is 15.9 Å². The molecule has 2 rings (SSSR count). The van der Waals surface area contributed by atoms with Crippen LogP contribution in [0.2, 0.25) is 0 Å². The van der Waals surface area contributed by atoms with Crippen LogP contribution in [0.25, 0.3) is 0 Å². The first-order chi connectivity index (χ1) is 8.52. The van der Waals surface area contributed by atoms with Gasteiger partial charge in [-0.2, -0.15) is 0 Å². The fraction of sp³-hybridized carbons (Fsp3) is 0.429. The third-order valence-electron chi connectivity index (χ3n) is 3.52. The van der Waals surface area contributed by atoms with E-state index in [4.69, 9.17) is 0 Å². The Hall–Kier alpha value is -1.03. The standard InChI is InChI=1S/C14H14BrFO2/c1-8(9-4-2-6-11(15)13(9)16)14(18)10-5-3-7-12(10)17/h2,4,6,8,10H,3,5,7H2,1H3. The number of carbonyl (C=O) groups is 2. The van der Waals surface area contributed by atoms with E-state index in [9.17, 15) is 14.0 Å². The van der Waals surface area contributed by atoms with Crippen molar-refractivity contribution in [2.24, 2.45) is 5.92 Å². The highest BCUT2D eigenvalue weighted by molar-refractivity contribution is 9.10. The second-order valence-electron chi connectivity index (χ2n) is 4.68. The van der Waals surface area contributed by atoms with Crippen LogP contribution in [0, 0.1) is 11.7 Å². The van der Waals surface area contributed by atoms with Crippen molar-refractivity contribution < 1.29 is 14.0 Å². The first-order valence-corrected chi connectivity index (χ1v) is 6.82. The van der Waals surface area contributed by atoms with Crippen LogP contribution in [-0.4, -0.2) is 11.6 Å². The Morgan fingerprint density at radius 1 is 1.50 bits per heavy atom. The van der Waals surface area contributed by atoms with Gasteiger partial charge in [-0.15, -0.1) is 0 Å². The highest BCUT2D eigenvalue weighted by atomic mass is 79.9. The van der Waals surface area contributed by atoms with Gasteiger partial charge in [0.2, 0.25) is 0 Å². The molecule has 1 fully saturated rings. The Labute approximate surface area is 114 Å². The van der Waals surface area contributed by atoms with Crippen LogP contribution in [0.15, 0.2) is 22.7 Å². The predicted molar refractivity (Wildman–Crippen MR) is 69.9 cm³/mol. The number of halogens is 2. The monoisotopic (exact) mass is 312 g/mol. The van der Waals surface area contributed by atoms with E-state index in [2.05, 4.69) is 15.9 Å². The molecule has 0 aliphatic heterocycles. The molecule has 2 atom stereocenters. The van der Waals surface area contributed by atoms with Crippen molar-refractivity contribution in [3.05, 3.63) is 34.1 Å². The summed E-state index contributed by atoms with van der Waals surface area (Å²) in [5.41, 5.74) is 0.356. The molecule has 1 aromatic carbocycles. The third kappa shape index (κ3) is 2.39. The highest BCUT2D eigenvalue weighted by Crippen LogP contribution is 2.31. The molecule has 96 valence electrons. The molecule has 1 aromatic rings. The second kappa shape index (κ2) is 5.31. The number of benzene rings is 1. The quantitative estimate of drug-likeness (QED) is 0.799. The van der Waals surface area contributed by atoms with Crippen molar-refractivity contribution in [3.8, 4) is 0 Å². The average Bonchev–Trinajstić information content (AvgIpc) is 2.77. The molecule has 0 aromatic heterocycles. The second-order valence-corrected chi connectivity index (χ2v) is 5.53. The molecule has 0 amide bonds. The summed E-state index contributed by atoms with van der Waals surface area (Å²) in [6.07, 6.45) is 1.85. The molecule has 1 aliphatic rings. The van der Waals surface area contributed by atoms with E-state index in [1.54, 1.807) is 25.1 Å². The third-order valence-corrected chi connectivity index (χ3v) is 4.14. The van der Waals surface area contributed by atoms with Crippen molar-refractivity contribution in [1.29, 1.82) is 0 Å². The maximum Gasteiger partial charge on any atom is 0.150 e. The van der Waals surface area contributed by atoms with E-state index < -0.39 is 17.7 Å². The molecule has 4 heteroatoms. The van der Waals surface area contributed by atoms with Crippen molar-refractivity contribution in [3.63, 3.8) is 0 Å². The minimum atomic E-state index is -0.574. The Balaban J connectivity index is 2.25. The number of Topliss-reactive ketones (excluding diaryl/α,β-unsaturated/α-hetero) is 2. The molecule has 0 N–H and O–H groups in total. The Morgan fingerprint density at radius 3 is 2.83 bits per heavy atom. The van der Waals surface area contributed by atoms with Crippen LogP contribution in [0.4, 0.5) is 4.39 Å². The lowest BCUT2D eigenvalue weighted by Crippen LogP contribution is -2.24. The number of hydrogen-bond acceptors (Lipinski definition) is 2. The van der Waals surface area contributed by atoms with Crippen LogP contribution in [0.5, 0.6) is 0 Å². The van der Waals surface area contributed by atoms with E-state index in [0.717, 1.165) is 6.42 Å². The zero-order chi connectivity index (χ0) is 13.3. The van der Waals surface area contributed by atoms with Crippen molar-refractivity contribution >= 4 is 27.5 Å². The van der Waals surface area contributed by atoms with Gasteiger partial charge in [0, 0.05) is 12.3 Å². The fourth-order valence-corrected chi connectivity index (χ4v) is 2.81. The fourth-order valence-electron chi connectivity index (χ4n) is 2.43. The first kappa shape index (κ1) is 13.4. The molecule has 0 radical (unpaired) electrons. The van der Waals surface area contributed by atoms with E-state index in [1.807, 2.05) is 0 Å². The highest BCUT2D eigenvalue weighted by Gasteiger charge is 2.34. The molecule has 1 aliphatic carbocycles. The molecule has 18 heavy (non-hydrogen) atoms. The lowest BCUT2D eigenvalue weighted by Gasteiger charge is -2.16. The summed E-state index contributed by atoms with van der Waals surface area (Å²) in [5.74, 6) is -1.67. The van der Waals surface area contributed by atoms with Gasteiger partial charge in [-0.05, 0) is 40.4 Å². The van der Waals surface area contributed by atoms with Gasteiger partial charge in [-0.3, -0.25) is 9.59 Å². The smallest absolute Gasteiger partial charge is 0.150 e. The molecule has 0 spiro atoms. The maximum atomic E-state index is 13.9. The summed E-state index contributed by atoms with van der Waals surface area (Å²) in [6, 6.07) is 4.89. The van der Waals surface area contributed by atoms with Gasteiger partial charge in [0.05, 0.1) is 10.4 Å². The summed E-state index contributed by atoms with van der Waals surface area (Å²) >= 11 is 3.11. The van der Waals surface area contributed by atoms with E-state index in [-0.39, 0.29) is 11.6 Å². The number of rotatable bonds is 3. The van der Waals surface area contributed by atoms with E-state index in [0.29, 0.717) is 22.9 Å². The molecule has 0 heterocycles. The zero-order valence-electron chi connectivity index (χ0n) is 10.1. The SMILES string of the molecule is CC(C(=O)C1CCCC1=O)c1cccc(Br)c1F. The van der Waals surface area contributed by atoms with Gasteiger partial charge in [-0.25, -0.2) is 4.39 Å². The molecule has 2 unspecified atom stereocenters. The normalized spacial score (nSPS) is 21.1. The van der Waals surface area contributed by atoms with Gasteiger partial charge in [0.25, 0.3) is 0 Å². The van der Waals surface area contributed by atoms with Crippen molar-refractivity contribution in [2.45, 2.75) is 32.1 Å². The number of ketones is 2. The lowest BCUT2D eigenvalue weighted by atomic mass is 9.87. The zero-order valence-corrected chi connectivity index (χ0v) is 11.7. The predicted octanol–water partition coefficient (Wildman–Crippen LogP) is 3.63. The minimum absolute atomic E-state index is 0.00209. The van der Waals surface area contributed by atoms with Gasteiger partial charge in [-0.1, -0.05) is 19.1 Å². The average molecular weight is 313 g/mol. The summed E-state index contributed by atoms with van der Waals surface area (Å²) in [5, 5.41) is 0.